The SMILES string of the molecule is CC(C)Oc1ccc(C=CC(=O)N2CCC(N)C2)cc1. The molecule has 1 atom stereocenters. The van der Waals surface area contributed by atoms with Crippen molar-refractivity contribution >= 4 is 12.0 Å². The normalized spacial score (nSPS) is 19.0. The molecule has 0 radical (unpaired) electrons. The molecule has 4 nitrogen and oxygen atoms in total. The largest absolute Gasteiger partial charge is 0.491 e. The van der Waals surface area contributed by atoms with Gasteiger partial charge in [0.15, 0.2) is 0 Å². The van der Waals surface area contributed by atoms with Crippen LogP contribution in [0.4, 0.5) is 0 Å². The van der Waals surface area contributed by atoms with Crippen molar-refractivity contribution in [3.8, 4) is 5.75 Å². The van der Waals surface area contributed by atoms with E-state index < -0.39 is 0 Å². The van der Waals surface area contributed by atoms with Crippen molar-refractivity contribution in [3.63, 3.8) is 0 Å². The highest BCUT2D eigenvalue weighted by molar-refractivity contribution is 5.92. The number of nitrogens with two attached hydrogens (primary N) is 1. The van der Waals surface area contributed by atoms with Gasteiger partial charge in [-0.05, 0) is 44.0 Å². The topological polar surface area (TPSA) is 55.6 Å². The number of hydrogen-bond donors (Lipinski definition) is 1. The fourth-order valence-corrected chi connectivity index (χ4v) is 2.19. The minimum absolute atomic E-state index is 0.0282. The van der Waals surface area contributed by atoms with Crippen molar-refractivity contribution in [1.29, 1.82) is 0 Å². The zero-order valence-electron chi connectivity index (χ0n) is 12.1. The first-order chi connectivity index (χ1) is 9.54. The van der Waals surface area contributed by atoms with Crippen molar-refractivity contribution in [3.05, 3.63) is 35.9 Å². The molecular formula is C16H22N2O2. The second-order valence-electron chi connectivity index (χ2n) is 5.40. The molecule has 0 saturated carbocycles. The summed E-state index contributed by atoms with van der Waals surface area (Å²) < 4.78 is 5.57. The highest BCUT2D eigenvalue weighted by Crippen LogP contribution is 2.15. The minimum atomic E-state index is 0.0282. The van der Waals surface area contributed by atoms with Crippen LogP contribution in [0.1, 0.15) is 25.8 Å². The van der Waals surface area contributed by atoms with E-state index in [4.69, 9.17) is 10.5 Å². The Hall–Kier alpha value is -1.81. The molecule has 0 aromatic heterocycles. The van der Waals surface area contributed by atoms with Crippen LogP contribution in [0.2, 0.25) is 0 Å². The Morgan fingerprint density at radius 2 is 2.10 bits per heavy atom. The van der Waals surface area contributed by atoms with E-state index in [9.17, 15) is 4.79 Å². The predicted octanol–water partition coefficient (Wildman–Crippen LogP) is 2.05. The molecule has 1 fully saturated rings. The lowest BCUT2D eigenvalue weighted by molar-refractivity contribution is -0.124. The van der Waals surface area contributed by atoms with E-state index in [1.807, 2.05) is 44.2 Å². The number of amides is 1. The van der Waals surface area contributed by atoms with E-state index in [0.29, 0.717) is 6.54 Å². The number of ether oxygens (including phenoxy) is 1. The summed E-state index contributed by atoms with van der Waals surface area (Å²) in [6.07, 6.45) is 4.49. The molecule has 0 spiro atoms. The van der Waals surface area contributed by atoms with Crippen LogP contribution in [-0.4, -0.2) is 36.0 Å². The van der Waals surface area contributed by atoms with Gasteiger partial charge in [0.25, 0.3) is 0 Å². The molecule has 0 bridgehead atoms. The Morgan fingerprint density at radius 3 is 2.65 bits per heavy atom. The Kier molecular flexibility index (Phi) is 4.79. The maximum Gasteiger partial charge on any atom is 0.246 e. The molecule has 1 aromatic carbocycles. The zero-order chi connectivity index (χ0) is 14.5. The molecule has 20 heavy (non-hydrogen) atoms. The fraction of sp³-hybridized carbons (Fsp3) is 0.438. The Labute approximate surface area is 120 Å². The van der Waals surface area contributed by atoms with Gasteiger partial charge in [-0.15, -0.1) is 0 Å². The van der Waals surface area contributed by atoms with Crippen molar-refractivity contribution in [2.45, 2.75) is 32.4 Å². The van der Waals surface area contributed by atoms with Crippen LogP contribution in [0.3, 0.4) is 0 Å². The van der Waals surface area contributed by atoms with Crippen LogP contribution in [0.5, 0.6) is 5.75 Å². The summed E-state index contributed by atoms with van der Waals surface area (Å²) in [6.45, 7) is 5.40. The first-order valence-electron chi connectivity index (χ1n) is 7.04. The third-order valence-electron chi connectivity index (χ3n) is 3.21. The molecule has 4 heteroatoms. The van der Waals surface area contributed by atoms with E-state index in [2.05, 4.69) is 0 Å². The van der Waals surface area contributed by atoms with E-state index >= 15 is 0 Å². The highest BCUT2D eigenvalue weighted by Gasteiger charge is 2.21. The second-order valence-corrected chi connectivity index (χ2v) is 5.40. The Balaban J connectivity index is 1.92. The first-order valence-corrected chi connectivity index (χ1v) is 7.04. The van der Waals surface area contributed by atoms with E-state index in [0.717, 1.165) is 24.3 Å². The zero-order valence-corrected chi connectivity index (χ0v) is 12.1. The van der Waals surface area contributed by atoms with Gasteiger partial charge in [-0.3, -0.25) is 4.79 Å². The van der Waals surface area contributed by atoms with Crippen LogP contribution in [0.25, 0.3) is 6.08 Å². The Morgan fingerprint density at radius 1 is 1.40 bits per heavy atom. The first kappa shape index (κ1) is 14.6. The number of benzene rings is 1. The van der Waals surface area contributed by atoms with Gasteiger partial charge in [-0.2, -0.15) is 0 Å². The third kappa shape index (κ3) is 4.10. The summed E-state index contributed by atoms with van der Waals surface area (Å²) in [5, 5.41) is 0. The van der Waals surface area contributed by atoms with Gasteiger partial charge in [0.05, 0.1) is 6.10 Å². The van der Waals surface area contributed by atoms with Gasteiger partial charge in [-0.25, -0.2) is 0 Å². The number of likely N-dealkylation sites (tertiary alicyclic amines) is 1. The predicted molar refractivity (Wildman–Crippen MR) is 80.4 cm³/mol. The maximum absolute atomic E-state index is 11.9. The van der Waals surface area contributed by atoms with Gasteiger partial charge in [0, 0.05) is 25.2 Å². The molecule has 2 rings (SSSR count). The van der Waals surface area contributed by atoms with Crippen molar-refractivity contribution in [1.82, 2.24) is 4.90 Å². The Bertz CT molecular complexity index is 480. The summed E-state index contributed by atoms with van der Waals surface area (Å²) in [5.74, 6) is 0.870. The highest BCUT2D eigenvalue weighted by atomic mass is 16.5. The average molecular weight is 274 g/mol. The lowest BCUT2D eigenvalue weighted by Gasteiger charge is -2.12. The summed E-state index contributed by atoms with van der Waals surface area (Å²) in [4.78, 5) is 13.7. The van der Waals surface area contributed by atoms with E-state index in [1.54, 1.807) is 11.0 Å². The van der Waals surface area contributed by atoms with Gasteiger partial charge < -0.3 is 15.4 Å². The minimum Gasteiger partial charge on any atom is -0.491 e. The molecule has 1 saturated heterocycles. The van der Waals surface area contributed by atoms with Gasteiger partial charge in [0.1, 0.15) is 5.75 Å². The van der Waals surface area contributed by atoms with E-state index in [-0.39, 0.29) is 18.1 Å². The summed E-state index contributed by atoms with van der Waals surface area (Å²) in [5.41, 5.74) is 6.78. The lowest BCUT2D eigenvalue weighted by atomic mass is 10.2. The summed E-state index contributed by atoms with van der Waals surface area (Å²) >= 11 is 0. The van der Waals surface area contributed by atoms with Crippen molar-refractivity contribution in [2.75, 3.05) is 13.1 Å². The number of nitrogens with zero attached hydrogens (tertiary/aromatic N) is 1. The summed E-state index contributed by atoms with van der Waals surface area (Å²) in [7, 11) is 0. The van der Waals surface area contributed by atoms with Crippen LogP contribution in [0, 0.1) is 0 Å². The number of carbonyl (C=O) groups is 1. The average Bonchev–Trinajstić information content (AvgIpc) is 2.84. The summed E-state index contributed by atoms with van der Waals surface area (Å²) in [6, 6.07) is 7.83. The molecule has 108 valence electrons. The molecule has 1 heterocycles. The molecule has 1 aliphatic heterocycles. The van der Waals surface area contributed by atoms with Gasteiger partial charge in [0.2, 0.25) is 5.91 Å². The number of carbonyl (C=O) groups excluding carboxylic acids is 1. The third-order valence-corrected chi connectivity index (χ3v) is 3.21. The molecule has 1 unspecified atom stereocenters. The molecule has 1 amide bonds. The van der Waals surface area contributed by atoms with Crippen LogP contribution in [-0.2, 0) is 4.79 Å². The quantitative estimate of drug-likeness (QED) is 0.855. The molecule has 2 N–H and O–H groups in total. The molecular weight excluding hydrogens is 252 g/mol. The van der Waals surface area contributed by atoms with Crippen LogP contribution in [0.15, 0.2) is 30.3 Å². The maximum atomic E-state index is 11.9. The van der Waals surface area contributed by atoms with Crippen molar-refractivity contribution < 1.29 is 9.53 Å². The van der Waals surface area contributed by atoms with E-state index in [1.165, 1.54) is 0 Å². The molecule has 1 aliphatic rings. The second kappa shape index (κ2) is 6.57. The number of hydrogen-bond acceptors (Lipinski definition) is 3. The van der Waals surface area contributed by atoms with Gasteiger partial charge >= 0.3 is 0 Å². The van der Waals surface area contributed by atoms with Crippen LogP contribution < -0.4 is 10.5 Å². The number of rotatable bonds is 4. The standard InChI is InChI=1S/C16H22N2O2/c1-12(2)20-15-6-3-13(4-7-15)5-8-16(19)18-10-9-14(17)11-18/h3-8,12,14H,9-11,17H2,1-2H3. The van der Waals surface area contributed by atoms with Gasteiger partial charge in [-0.1, -0.05) is 12.1 Å². The van der Waals surface area contributed by atoms with Crippen LogP contribution >= 0.6 is 0 Å². The molecule has 1 aromatic rings. The molecule has 0 aliphatic carbocycles. The van der Waals surface area contributed by atoms with Crippen molar-refractivity contribution in [2.24, 2.45) is 5.73 Å². The monoisotopic (exact) mass is 274 g/mol. The smallest absolute Gasteiger partial charge is 0.246 e. The fourth-order valence-electron chi connectivity index (χ4n) is 2.19. The lowest BCUT2D eigenvalue weighted by Crippen LogP contribution is -2.30.